The molecule has 1 N–H and O–H groups in total. The molecule has 0 amide bonds. The van der Waals surface area contributed by atoms with Crippen LogP contribution in [-0.4, -0.2) is 13.1 Å². The van der Waals surface area contributed by atoms with Crippen LogP contribution in [-0.2, 0) is 0 Å². The summed E-state index contributed by atoms with van der Waals surface area (Å²) < 4.78 is 0. The minimum atomic E-state index is 0.799. The molecule has 0 aromatic rings. The van der Waals surface area contributed by atoms with Crippen LogP contribution in [0.2, 0.25) is 0 Å². The molecule has 88 valence electrons. The van der Waals surface area contributed by atoms with Crippen molar-refractivity contribution in [1.29, 1.82) is 0 Å². The molecule has 2 saturated carbocycles. The highest BCUT2D eigenvalue weighted by atomic mass is 14.9. The number of nitrogens with one attached hydrogen (secondary N) is 1. The van der Waals surface area contributed by atoms with Crippen molar-refractivity contribution in [1.82, 2.24) is 5.32 Å². The van der Waals surface area contributed by atoms with Crippen LogP contribution in [0.3, 0.4) is 0 Å². The van der Waals surface area contributed by atoms with Gasteiger partial charge in [0.25, 0.3) is 0 Å². The highest BCUT2D eigenvalue weighted by molar-refractivity contribution is 4.97. The van der Waals surface area contributed by atoms with Crippen molar-refractivity contribution in [2.24, 2.45) is 17.3 Å². The Bertz CT molecular complexity index is 193. The van der Waals surface area contributed by atoms with E-state index in [0.717, 1.165) is 23.3 Å². The molecule has 1 heteroatoms. The van der Waals surface area contributed by atoms with Crippen LogP contribution in [0.15, 0.2) is 0 Å². The van der Waals surface area contributed by atoms with Crippen molar-refractivity contribution in [3.8, 4) is 0 Å². The van der Waals surface area contributed by atoms with Crippen LogP contribution in [0, 0.1) is 17.3 Å². The summed E-state index contributed by atoms with van der Waals surface area (Å²) in [4.78, 5) is 0. The number of hydrogen-bond acceptors (Lipinski definition) is 1. The predicted octanol–water partition coefficient (Wildman–Crippen LogP) is 3.59. The quantitative estimate of drug-likeness (QED) is 0.749. The first-order valence-electron chi connectivity index (χ1n) is 6.81. The summed E-state index contributed by atoms with van der Waals surface area (Å²) in [7, 11) is 2.12. The third-order valence-corrected chi connectivity index (χ3v) is 4.70. The van der Waals surface area contributed by atoms with Crippen LogP contribution in [0.4, 0.5) is 0 Å². The maximum Gasteiger partial charge on any atom is 0.00644 e. The second kappa shape index (κ2) is 4.45. The molecule has 0 aromatic heterocycles. The Morgan fingerprint density at radius 3 is 2.27 bits per heavy atom. The summed E-state index contributed by atoms with van der Waals surface area (Å²) in [5, 5.41) is 3.43. The molecule has 0 heterocycles. The van der Waals surface area contributed by atoms with Crippen molar-refractivity contribution in [2.75, 3.05) is 7.05 Å². The predicted molar refractivity (Wildman–Crippen MR) is 65.9 cm³/mol. The largest absolute Gasteiger partial charge is 0.317 e. The number of hydrogen-bond donors (Lipinski definition) is 1. The van der Waals surface area contributed by atoms with Crippen LogP contribution >= 0.6 is 0 Å². The molecular formula is C14H27N. The smallest absolute Gasteiger partial charge is 0.00644 e. The summed E-state index contributed by atoms with van der Waals surface area (Å²) in [6, 6.07) is 0.819. The van der Waals surface area contributed by atoms with E-state index in [1.807, 2.05) is 0 Å². The van der Waals surface area contributed by atoms with Gasteiger partial charge in [-0.15, -0.1) is 0 Å². The second-order valence-corrected chi connectivity index (χ2v) is 6.47. The van der Waals surface area contributed by atoms with E-state index in [0.29, 0.717) is 0 Å². The molecule has 0 unspecified atom stereocenters. The minimum Gasteiger partial charge on any atom is -0.317 e. The van der Waals surface area contributed by atoms with E-state index in [1.54, 1.807) is 12.8 Å². The summed E-state index contributed by atoms with van der Waals surface area (Å²) in [5.41, 5.74) is 0.799. The highest BCUT2D eigenvalue weighted by Crippen LogP contribution is 2.56. The van der Waals surface area contributed by atoms with Crippen LogP contribution in [0.1, 0.15) is 58.8 Å². The monoisotopic (exact) mass is 209 g/mol. The van der Waals surface area contributed by atoms with Crippen LogP contribution in [0.5, 0.6) is 0 Å². The molecular weight excluding hydrogens is 182 g/mol. The molecule has 1 nitrogen and oxygen atoms in total. The fourth-order valence-electron chi connectivity index (χ4n) is 3.93. The van der Waals surface area contributed by atoms with E-state index in [9.17, 15) is 0 Å². The fraction of sp³-hybridized carbons (Fsp3) is 1.00. The summed E-state index contributed by atoms with van der Waals surface area (Å²) >= 11 is 0. The van der Waals surface area contributed by atoms with Crippen molar-refractivity contribution in [2.45, 2.75) is 64.8 Å². The van der Waals surface area contributed by atoms with Gasteiger partial charge in [0.05, 0.1) is 0 Å². The zero-order valence-electron chi connectivity index (χ0n) is 10.7. The average molecular weight is 209 g/mol. The standard InChI is InChI=1S/C14H27N/c1-11(2)8-12-9-14(10-12)6-4-13(15-3)5-7-14/h11-13,15H,4-10H2,1-3H3. The Morgan fingerprint density at radius 2 is 1.80 bits per heavy atom. The lowest BCUT2D eigenvalue weighted by Gasteiger charge is -2.52. The van der Waals surface area contributed by atoms with Gasteiger partial charge in [0.2, 0.25) is 0 Å². The van der Waals surface area contributed by atoms with Crippen molar-refractivity contribution >= 4 is 0 Å². The molecule has 1 spiro atoms. The Morgan fingerprint density at radius 1 is 1.20 bits per heavy atom. The van der Waals surface area contributed by atoms with Gasteiger partial charge in [-0.05, 0) is 69.2 Å². The van der Waals surface area contributed by atoms with Crippen LogP contribution in [0.25, 0.3) is 0 Å². The third-order valence-electron chi connectivity index (χ3n) is 4.70. The van der Waals surface area contributed by atoms with E-state index >= 15 is 0 Å². The van der Waals surface area contributed by atoms with Gasteiger partial charge in [-0.2, -0.15) is 0 Å². The summed E-state index contributed by atoms with van der Waals surface area (Å²) in [5.74, 6) is 1.97. The van der Waals surface area contributed by atoms with Gasteiger partial charge in [0.15, 0.2) is 0 Å². The van der Waals surface area contributed by atoms with Gasteiger partial charge in [-0.3, -0.25) is 0 Å². The van der Waals surface area contributed by atoms with Crippen molar-refractivity contribution in [3.05, 3.63) is 0 Å². The van der Waals surface area contributed by atoms with Gasteiger partial charge < -0.3 is 5.32 Å². The first kappa shape index (κ1) is 11.4. The lowest BCUT2D eigenvalue weighted by molar-refractivity contribution is -0.00179. The van der Waals surface area contributed by atoms with Gasteiger partial charge in [-0.1, -0.05) is 13.8 Å². The summed E-state index contributed by atoms with van der Waals surface area (Å²) in [6.45, 7) is 4.73. The number of rotatable bonds is 3. The SMILES string of the molecule is CNC1CCC2(CC1)CC(CC(C)C)C2. The third kappa shape index (κ3) is 2.55. The molecule has 15 heavy (non-hydrogen) atoms. The van der Waals surface area contributed by atoms with Gasteiger partial charge >= 0.3 is 0 Å². The molecule has 0 aliphatic heterocycles. The fourth-order valence-corrected chi connectivity index (χ4v) is 3.93. The van der Waals surface area contributed by atoms with E-state index in [4.69, 9.17) is 0 Å². The first-order chi connectivity index (χ1) is 7.13. The molecule has 0 radical (unpaired) electrons. The average Bonchev–Trinajstić information content (AvgIpc) is 2.16. The van der Waals surface area contributed by atoms with Crippen LogP contribution < -0.4 is 5.32 Å². The van der Waals surface area contributed by atoms with Crippen molar-refractivity contribution in [3.63, 3.8) is 0 Å². The van der Waals surface area contributed by atoms with Gasteiger partial charge in [0, 0.05) is 6.04 Å². The molecule has 2 aliphatic carbocycles. The van der Waals surface area contributed by atoms with E-state index in [2.05, 4.69) is 26.2 Å². The molecule has 2 rings (SSSR count). The molecule has 0 bridgehead atoms. The van der Waals surface area contributed by atoms with Gasteiger partial charge in [0.1, 0.15) is 0 Å². The molecule has 0 atom stereocenters. The molecule has 0 aromatic carbocycles. The maximum absolute atomic E-state index is 3.43. The molecule has 2 aliphatic rings. The first-order valence-corrected chi connectivity index (χ1v) is 6.81. The minimum absolute atomic E-state index is 0.799. The van der Waals surface area contributed by atoms with E-state index in [-0.39, 0.29) is 0 Å². The Labute approximate surface area is 95.0 Å². The van der Waals surface area contributed by atoms with Crippen molar-refractivity contribution < 1.29 is 0 Å². The Hall–Kier alpha value is -0.0400. The lowest BCUT2D eigenvalue weighted by Crippen LogP contribution is -2.44. The Kier molecular flexibility index (Phi) is 3.39. The van der Waals surface area contributed by atoms with Gasteiger partial charge in [-0.25, -0.2) is 0 Å². The van der Waals surface area contributed by atoms with E-state index in [1.165, 1.54) is 32.1 Å². The van der Waals surface area contributed by atoms with E-state index < -0.39 is 0 Å². The highest BCUT2D eigenvalue weighted by Gasteiger charge is 2.45. The zero-order valence-corrected chi connectivity index (χ0v) is 10.7. The topological polar surface area (TPSA) is 12.0 Å². The maximum atomic E-state index is 3.43. The normalized spacial score (nSPS) is 40.8. The lowest BCUT2D eigenvalue weighted by atomic mass is 9.54. The molecule has 0 saturated heterocycles. The molecule has 2 fully saturated rings. The zero-order chi connectivity index (χ0) is 10.9. The Balaban J connectivity index is 1.73. The second-order valence-electron chi connectivity index (χ2n) is 6.47. The summed E-state index contributed by atoms with van der Waals surface area (Å²) in [6.07, 6.45) is 10.4.